The maximum atomic E-state index is 12.3. The van der Waals surface area contributed by atoms with Gasteiger partial charge in [-0.05, 0) is 37.1 Å². The fourth-order valence-electron chi connectivity index (χ4n) is 2.53. The third kappa shape index (κ3) is 2.85. The van der Waals surface area contributed by atoms with Crippen molar-refractivity contribution in [1.82, 2.24) is 9.88 Å². The van der Waals surface area contributed by atoms with Gasteiger partial charge in [0.2, 0.25) is 0 Å². The number of nitrogens with two attached hydrogens (primary N) is 1. The molecule has 0 bridgehead atoms. The van der Waals surface area contributed by atoms with Crippen LogP contribution in [0.15, 0.2) is 36.4 Å². The highest BCUT2D eigenvalue weighted by atomic mass is 35.5. The van der Waals surface area contributed by atoms with Gasteiger partial charge in [-0.25, -0.2) is 4.98 Å². The molecule has 2 aromatic rings. The van der Waals surface area contributed by atoms with E-state index in [1.54, 1.807) is 18.2 Å². The minimum Gasteiger partial charge on any atom is -0.383 e. The van der Waals surface area contributed by atoms with Crippen molar-refractivity contribution in [2.45, 2.75) is 12.8 Å². The SMILES string of the molecule is Nc1nc(-c2ccc(Cl)cc2)ccc1C(=O)N1CCCC1. The summed E-state index contributed by atoms with van der Waals surface area (Å²) in [7, 11) is 0. The zero-order chi connectivity index (χ0) is 14.8. The Balaban J connectivity index is 1.89. The number of carbonyl (C=O) groups excluding carboxylic acids is 1. The highest BCUT2D eigenvalue weighted by molar-refractivity contribution is 6.30. The number of amides is 1. The van der Waals surface area contributed by atoms with Crippen LogP contribution in [-0.4, -0.2) is 28.9 Å². The van der Waals surface area contributed by atoms with E-state index >= 15 is 0 Å². The monoisotopic (exact) mass is 301 g/mol. The lowest BCUT2D eigenvalue weighted by molar-refractivity contribution is 0.0793. The molecule has 1 fully saturated rings. The van der Waals surface area contributed by atoms with Gasteiger partial charge < -0.3 is 10.6 Å². The van der Waals surface area contributed by atoms with Crippen LogP contribution in [0.2, 0.25) is 5.02 Å². The minimum absolute atomic E-state index is 0.0276. The number of pyridine rings is 1. The molecule has 0 atom stereocenters. The summed E-state index contributed by atoms with van der Waals surface area (Å²) in [6, 6.07) is 10.9. The van der Waals surface area contributed by atoms with Crippen molar-refractivity contribution in [3.8, 4) is 11.3 Å². The molecule has 2 N–H and O–H groups in total. The van der Waals surface area contributed by atoms with E-state index in [9.17, 15) is 4.79 Å². The van der Waals surface area contributed by atoms with E-state index in [0.29, 0.717) is 10.6 Å². The number of carbonyl (C=O) groups is 1. The summed E-state index contributed by atoms with van der Waals surface area (Å²) >= 11 is 5.87. The summed E-state index contributed by atoms with van der Waals surface area (Å²) in [6.45, 7) is 1.61. The molecule has 1 amide bonds. The molecule has 0 unspecified atom stereocenters. The maximum Gasteiger partial charge on any atom is 0.257 e. The van der Waals surface area contributed by atoms with Crippen molar-refractivity contribution in [2.75, 3.05) is 18.8 Å². The Bertz CT molecular complexity index is 664. The number of nitrogen functional groups attached to an aromatic ring is 1. The van der Waals surface area contributed by atoms with E-state index in [2.05, 4.69) is 4.98 Å². The first kappa shape index (κ1) is 13.9. The number of nitrogens with zero attached hydrogens (tertiary/aromatic N) is 2. The van der Waals surface area contributed by atoms with E-state index in [1.165, 1.54) is 0 Å². The second kappa shape index (κ2) is 5.74. The van der Waals surface area contributed by atoms with Gasteiger partial charge >= 0.3 is 0 Å². The number of halogens is 1. The Morgan fingerprint density at radius 1 is 1.10 bits per heavy atom. The van der Waals surface area contributed by atoms with Gasteiger partial charge in [-0.1, -0.05) is 23.7 Å². The molecule has 4 nitrogen and oxygen atoms in total. The van der Waals surface area contributed by atoms with Gasteiger partial charge in [0.15, 0.2) is 0 Å². The lowest BCUT2D eigenvalue weighted by Gasteiger charge is -2.16. The third-order valence-electron chi connectivity index (χ3n) is 3.69. The van der Waals surface area contributed by atoms with Gasteiger partial charge in [-0.2, -0.15) is 0 Å². The van der Waals surface area contributed by atoms with Crippen molar-refractivity contribution >= 4 is 23.3 Å². The average molecular weight is 302 g/mol. The molecular formula is C16H16ClN3O. The molecule has 5 heteroatoms. The number of aromatic nitrogens is 1. The highest BCUT2D eigenvalue weighted by Gasteiger charge is 2.22. The Morgan fingerprint density at radius 3 is 2.38 bits per heavy atom. The van der Waals surface area contributed by atoms with Crippen molar-refractivity contribution in [3.63, 3.8) is 0 Å². The van der Waals surface area contributed by atoms with Crippen LogP contribution >= 0.6 is 11.6 Å². The normalized spacial score (nSPS) is 14.4. The van der Waals surface area contributed by atoms with Crippen LogP contribution < -0.4 is 5.73 Å². The number of benzene rings is 1. The molecule has 108 valence electrons. The fourth-order valence-corrected chi connectivity index (χ4v) is 2.65. The predicted octanol–water partition coefficient (Wildman–Crippen LogP) is 3.22. The summed E-state index contributed by atoms with van der Waals surface area (Å²) in [5, 5.41) is 0.674. The molecule has 0 spiro atoms. The van der Waals surface area contributed by atoms with Gasteiger partial charge in [0.25, 0.3) is 5.91 Å². The van der Waals surface area contributed by atoms with Gasteiger partial charge in [0.1, 0.15) is 5.82 Å². The summed E-state index contributed by atoms with van der Waals surface area (Å²) < 4.78 is 0. The second-order valence-corrected chi connectivity index (χ2v) is 5.57. The fraction of sp³-hybridized carbons (Fsp3) is 0.250. The molecule has 1 aliphatic heterocycles. The molecule has 2 heterocycles. The van der Waals surface area contributed by atoms with E-state index in [1.807, 2.05) is 23.1 Å². The quantitative estimate of drug-likeness (QED) is 0.926. The van der Waals surface area contributed by atoms with Crippen LogP contribution in [0, 0.1) is 0 Å². The van der Waals surface area contributed by atoms with Crippen LogP contribution in [0.5, 0.6) is 0 Å². The zero-order valence-electron chi connectivity index (χ0n) is 11.6. The second-order valence-electron chi connectivity index (χ2n) is 5.14. The van der Waals surface area contributed by atoms with Gasteiger partial charge in [0.05, 0.1) is 11.3 Å². The first-order valence-corrected chi connectivity index (χ1v) is 7.35. The van der Waals surface area contributed by atoms with Crippen LogP contribution in [0.25, 0.3) is 11.3 Å². The molecule has 1 aromatic carbocycles. The lowest BCUT2D eigenvalue weighted by Crippen LogP contribution is -2.28. The van der Waals surface area contributed by atoms with E-state index in [-0.39, 0.29) is 11.7 Å². The molecule has 21 heavy (non-hydrogen) atoms. The van der Waals surface area contributed by atoms with Crippen molar-refractivity contribution < 1.29 is 4.79 Å². The first-order chi connectivity index (χ1) is 10.1. The lowest BCUT2D eigenvalue weighted by atomic mass is 10.1. The summed E-state index contributed by atoms with van der Waals surface area (Å²) in [5.74, 6) is 0.250. The Labute approximate surface area is 128 Å². The molecule has 3 rings (SSSR count). The summed E-state index contributed by atoms with van der Waals surface area (Å²) in [4.78, 5) is 18.5. The van der Waals surface area contributed by atoms with Crippen LogP contribution in [0.1, 0.15) is 23.2 Å². The van der Waals surface area contributed by atoms with Gasteiger partial charge in [-0.3, -0.25) is 4.79 Å². The van der Waals surface area contributed by atoms with Crippen LogP contribution in [-0.2, 0) is 0 Å². The molecule has 1 aliphatic rings. The smallest absolute Gasteiger partial charge is 0.257 e. The van der Waals surface area contributed by atoms with Crippen molar-refractivity contribution in [3.05, 3.63) is 47.0 Å². The maximum absolute atomic E-state index is 12.3. The number of hydrogen-bond acceptors (Lipinski definition) is 3. The number of likely N-dealkylation sites (tertiary alicyclic amines) is 1. The van der Waals surface area contributed by atoms with Crippen molar-refractivity contribution in [1.29, 1.82) is 0 Å². The number of rotatable bonds is 2. The van der Waals surface area contributed by atoms with Crippen LogP contribution in [0.3, 0.4) is 0 Å². The predicted molar refractivity (Wildman–Crippen MR) is 84.2 cm³/mol. The van der Waals surface area contributed by atoms with E-state index in [0.717, 1.165) is 37.2 Å². The molecule has 1 aromatic heterocycles. The Morgan fingerprint density at radius 2 is 1.76 bits per heavy atom. The standard InChI is InChI=1S/C16H16ClN3O/c17-12-5-3-11(4-6-12)14-8-7-13(15(18)19-14)16(21)20-9-1-2-10-20/h3-8H,1-2,9-10H2,(H2,18,19). The Hall–Kier alpha value is -2.07. The molecular weight excluding hydrogens is 286 g/mol. The summed E-state index contributed by atoms with van der Waals surface area (Å²) in [5.41, 5.74) is 8.11. The zero-order valence-corrected chi connectivity index (χ0v) is 12.3. The Kier molecular flexibility index (Phi) is 3.80. The largest absolute Gasteiger partial charge is 0.383 e. The third-order valence-corrected chi connectivity index (χ3v) is 3.94. The molecule has 0 saturated carbocycles. The van der Waals surface area contributed by atoms with Crippen molar-refractivity contribution in [2.24, 2.45) is 0 Å². The van der Waals surface area contributed by atoms with E-state index < -0.39 is 0 Å². The van der Waals surface area contributed by atoms with Crippen LogP contribution in [0.4, 0.5) is 5.82 Å². The summed E-state index contributed by atoms with van der Waals surface area (Å²) in [6.07, 6.45) is 2.11. The topological polar surface area (TPSA) is 59.2 Å². The molecule has 0 radical (unpaired) electrons. The van der Waals surface area contributed by atoms with E-state index in [4.69, 9.17) is 17.3 Å². The molecule has 0 aliphatic carbocycles. The number of hydrogen-bond donors (Lipinski definition) is 1. The van der Waals surface area contributed by atoms with Gasteiger partial charge in [-0.15, -0.1) is 0 Å². The minimum atomic E-state index is -0.0276. The highest BCUT2D eigenvalue weighted by Crippen LogP contribution is 2.23. The molecule has 1 saturated heterocycles. The van der Waals surface area contributed by atoms with Gasteiger partial charge in [0, 0.05) is 23.7 Å². The first-order valence-electron chi connectivity index (χ1n) is 6.97. The average Bonchev–Trinajstić information content (AvgIpc) is 3.01. The number of anilines is 1.